The van der Waals surface area contributed by atoms with Crippen LogP contribution >= 0.6 is 11.8 Å². The van der Waals surface area contributed by atoms with Gasteiger partial charge in [0, 0.05) is 0 Å². The second kappa shape index (κ2) is 2.37. The molecule has 0 aliphatic carbocycles. The molecular weight excluding hydrogens is 164 g/mol. The first-order valence-electron chi connectivity index (χ1n) is 3.41. The van der Waals surface area contributed by atoms with Crippen molar-refractivity contribution in [2.45, 2.75) is 12.8 Å². The first-order chi connectivity index (χ1) is 5.29. The average Bonchev–Trinajstić information content (AvgIpc) is 2.30. The molecule has 0 aromatic heterocycles. The van der Waals surface area contributed by atoms with E-state index in [1.165, 1.54) is 11.8 Å². The highest BCUT2D eigenvalue weighted by molar-refractivity contribution is 8.04. The van der Waals surface area contributed by atoms with Crippen molar-refractivity contribution in [2.24, 2.45) is 0 Å². The molecule has 2 rings (SSSR count). The predicted molar refractivity (Wildman–Crippen MR) is 39.8 cm³/mol. The lowest BCUT2D eigenvalue weighted by molar-refractivity contribution is -0.150. The quantitative estimate of drug-likeness (QED) is 0.399. The van der Waals surface area contributed by atoms with Gasteiger partial charge in [0.25, 0.3) is 0 Å². The van der Waals surface area contributed by atoms with Gasteiger partial charge in [0.1, 0.15) is 4.91 Å². The molecule has 0 amide bonds. The highest BCUT2D eigenvalue weighted by Crippen LogP contribution is 2.35. The Labute approximate surface area is 67.8 Å². The van der Waals surface area contributed by atoms with Gasteiger partial charge in [0.15, 0.2) is 0 Å². The zero-order valence-electron chi connectivity index (χ0n) is 5.75. The normalized spacial score (nSPS) is 23.6. The van der Waals surface area contributed by atoms with Crippen LogP contribution in [0.1, 0.15) is 12.8 Å². The molecule has 0 saturated heterocycles. The molecule has 4 heteroatoms. The van der Waals surface area contributed by atoms with Crippen LogP contribution in [-0.4, -0.2) is 17.7 Å². The van der Waals surface area contributed by atoms with Gasteiger partial charge in [-0.15, -0.1) is 11.8 Å². The van der Waals surface area contributed by atoms with Crippen LogP contribution in [0.2, 0.25) is 0 Å². The zero-order chi connectivity index (χ0) is 7.84. The van der Waals surface area contributed by atoms with Crippen molar-refractivity contribution in [1.82, 2.24) is 0 Å². The Balaban J connectivity index is 2.40. The second-order valence-corrected chi connectivity index (χ2v) is 3.54. The Morgan fingerprint density at radius 2 is 2.09 bits per heavy atom. The monoisotopic (exact) mass is 170 g/mol. The van der Waals surface area contributed by atoms with Crippen molar-refractivity contribution in [3.05, 3.63) is 10.5 Å². The summed E-state index contributed by atoms with van der Waals surface area (Å²) in [6, 6.07) is 0. The molecule has 11 heavy (non-hydrogen) atoms. The van der Waals surface area contributed by atoms with Crippen molar-refractivity contribution < 1.29 is 14.3 Å². The molecule has 0 saturated carbocycles. The van der Waals surface area contributed by atoms with E-state index in [4.69, 9.17) is 0 Å². The summed E-state index contributed by atoms with van der Waals surface area (Å²) in [4.78, 5) is 22.3. The van der Waals surface area contributed by atoms with E-state index in [1.54, 1.807) is 0 Å². The number of carbonyl (C=O) groups is 2. The predicted octanol–water partition coefficient (Wildman–Crippen LogP) is 0.851. The lowest BCUT2D eigenvalue weighted by Crippen LogP contribution is -2.01. The van der Waals surface area contributed by atoms with Crippen LogP contribution < -0.4 is 0 Å². The summed E-state index contributed by atoms with van der Waals surface area (Å²) in [6.45, 7) is 0. The number of hydrogen-bond donors (Lipinski definition) is 0. The van der Waals surface area contributed by atoms with Crippen molar-refractivity contribution in [2.75, 3.05) is 5.75 Å². The maximum Gasteiger partial charge on any atom is 0.353 e. The second-order valence-electron chi connectivity index (χ2n) is 2.44. The van der Waals surface area contributed by atoms with Crippen molar-refractivity contribution in [1.29, 1.82) is 0 Å². The van der Waals surface area contributed by atoms with Crippen molar-refractivity contribution in [3.8, 4) is 0 Å². The Morgan fingerprint density at radius 3 is 2.82 bits per heavy atom. The molecular formula is C7H6O3S. The third kappa shape index (κ3) is 0.976. The van der Waals surface area contributed by atoms with E-state index in [9.17, 15) is 9.59 Å². The van der Waals surface area contributed by atoms with Gasteiger partial charge in [0.05, 0.1) is 5.57 Å². The molecule has 2 aliphatic rings. The molecule has 0 aromatic carbocycles. The van der Waals surface area contributed by atoms with Crippen LogP contribution in [0, 0.1) is 0 Å². The fraction of sp³-hybridized carbons (Fsp3) is 0.429. The summed E-state index contributed by atoms with van der Waals surface area (Å²) in [5.41, 5.74) is 0.589. The molecule has 3 nitrogen and oxygen atoms in total. The van der Waals surface area contributed by atoms with Crippen LogP contribution in [0.4, 0.5) is 0 Å². The Bertz CT molecular complexity index is 241. The zero-order valence-corrected chi connectivity index (χ0v) is 6.57. The van der Waals surface area contributed by atoms with E-state index in [0.717, 1.165) is 12.2 Å². The molecule has 58 valence electrons. The van der Waals surface area contributed by atoms with Crippen molar-refractivity contribution in [3.63, 3.8) is 0 Å². The minimum Gasteiger partial charge on any atom is -0.386 e. The van der Waals surface area contributed by atoms with Crippen LogP contribution in [0.25, 0.3) is 0 Å². The molecule has 0 aromatic rings. The smallest absolute Gasteiger partial charge is 0.353 e. The first kappa shape index (κ1) is 6.91. The van der Waals surface area contributed by atoms with Crippen LogP contribution in [0.15, 0.2) is 10.5 Å². The number of carbonyl (C=O) groups excluding carboxylic acids is 2. The highest BCUT2D eigenvalue weighted by Gasteiger charge is 2.34. The number of esters is 2. The summed E-state index contributed by atoms with van der Waals surface area (Å²) in [5, 5.41) is 0. The Kier molecular flexibility index (Phi) is 1.49. The van der Waals surface area contributed by atoms with Crippen LogP contribution in [0.5, 0.6) is 0 Å². The van der Waals surface area contributed by atoms with Gasteiger partial charge in [-0.1, -0.05) is 0 Å². The number of hydrogen-bond acceptors (Lipinski definition) is 4. The fourth-order valence-electron chi connectivity index (χ4n) is 1.19. The molecule has 0 N–H and O–H groups in total. The average molecular weight is 170 g/mol. The number of cyclic esters (lactones) is 2. The molecule has 0 fully saturated rings. The van der Waals surface area contributed by atoms with Gasteiger partial charge in [-0.05, 0) is 18.6 Å². The van der Waals surface area contributed by atoms with Crippen LogP contribution in [0.3, 0.4) is 0 Å². The van der Waals surface area contributed by atoms with Gasteiger partial charge < -0.3 is 4.74 Å². The van der Waals surface area contributed by atoms with E-state index < -0.39 is 11.9 Å². The van der Waals surface area contributed by atoms with E-state index in [-0.39, 0.29) is 0 Å². The molecule has 0 atom stereocenters. The number of ether oxygens (including phenoxy) is 1. The molecule has 0 radical (unpaired) electrons. The maximum atomic E-state index is 10.9. The third-order valence-corrected chi connectivity index (χ3v) is 2.90. The topological polar surface area (TPSA) is 43.4 Å². The lowest BCUT2D eigenvalue weighted by atomic mass is 10.1. The van der Waals surface area contributed by atoms with E-state index >= 15 is 0 Å². The lowest BCUT2D eigenvalue weighted by Gasteiger charge is -2.06. The minimum absolute atomic E-state index is 0.433. The van der Waals surface area contributed by atoms with Crippen LogP contribution in [-0.2, 0) is 14.3 Å². The summed E-state index contributed by atoms with van der Waals surface area (Å²) in [7, 11) is 0. The summed E-state index contributed by atoms with van der Waals surface area (Å²) < 4.78 is 4.44. The molecule has 2 aliphatic heterocycles. The molecule has 2 heterocycles. The van der Waals surface area contributed by atoms with E-state index in [1.807, 2.05) is 0 Å². The van der Waals surface area contributed by atoms with E-state index in [0.29, 0.717) is 16.9 Å². The largest absolute Gasteiger partial charge is 0.386 e. The van der Waals surface area contributed by atoms with Crippen molar-refractivity contribution >= 4 is 23.7 Å². The van der Waals surface area contributed by atoms with Gasteiger partial charge in [-0.25, -0.2) is 9.59 Å². The summed E-state index contributed by atoms with van der Waals surface area (Å²) in [5.74, 6) is 0.0354. The number of thioether (sulfide) groups is 1. The molecule has 0 unspecified atom stereocenters. The van der Waals surface area contributed by atoms with Gasteiger partial charge in [0.2, 0.25) is 0 Å². The third-order valence-electron chi connectivity index (χ3n) is 1.71. The maximum absolute atomic E-state index is 10.9. The first-order valence-corrected chi connectivity index (χ1v) is 4.40. The fourth-order valence-corrected chi connectivity index (χ4v) is 2.20. The highest BCUT2D eigenvalue weighted by atomic mass is 32.2. The minimum atomic E-state index is -0.449. The van der Waals surface area contributed by atoms with E-state index in [2.05, 4.69) is 4.74 Å². The van der Waals surface area contributed by atoms with Gasteiger partial charge in [-0.3, -0.25) is 0 Å². The summed E-state index contributed by atoms with van der Waals surface area (Å²) >= 11 is 1.43. The summed E-state index contributed by atoms with van der Waals surface area (Å²) in [6.07, 6.45) is 1.67. The molecule has 0 spiro atoms. The standard InChI is InChI=1S/C7H6O3S/c8-6-4-2-1-3-11-5(4)7(9)10-6/h1-3H2. The number of rotatable bonds is 0. The Morgan fingerprint density at radius 1 is 1.27 bits per heavy atom. The van der Waals surface area contributed by atoms with Gasteiger partial charge >= 0.3 is 11.9 Å². The molecule has 0 bridgehead atoms. The SMILES string of the molecule is O=C1OC(=O)C2=C1CCCS2. The Hall–Kier alpha value is -0.770. The van der Waals surface area contributed by atoms with Gasteiger partial charge in [-0.2, -0.15) is 0 Å².